The van der Waals surface area contributed by atoms with E-state index < -0.39 is 0 Å². The smallest absolute Gasteiger partial charge is 0.0809 e. The Kier molecular flexibility index (Phi) is 3.59. The van der Waals surface area contributed by atoms with E-state index in [1.165, 1.54) is 23.1 Å². The highest BCUT2D eigenvalue weighted by atomic mass is 32.1. The number of hydrogen-bond acceptors (Lipinski definition) is 4. The van der Waals surface area contributed by atoms with Gasteiger partial charge in [0.1, 0.15) is 0 Å². The Morgan fingerprint density at radius 3 is 3.39 bits per heavy atom. The predicted molar refractivity (Wildman–Crippen MR) is 75.0 cm³/mol. The van der Waals surface area contributed by atoms with Crippen molar-refractivity contribution in [2.24, 2.45) is 0 Å². The van der Waals surface area contributed by atoms with Crippen LogP contribution in [0.4, 0.5) is 0 Å². The van der Waals surface area contributed by atoms with Crippen LogP contribution >= 0.6 is 11.3 Å². The highest BCUT2D eigenvalue weighted by Crippen LogP contribution is 2.22. The maximum atomic E-state index is 5.62. The summed E-state index contributed by atoms with van der Waals surface area (Å²) in [6.45, 7) is 4.04. The molecule has 18 heavy (non-hydrogen) atoms. The van der Waals surface area contributed by atoms with E-state index in [1.807, 2.05) is 6.20 Å². The maximum Gasteiger partial charge on any atom is 0.0809 e. The average molecular weight is 262 g/mol. The first-order valence-corrected chi connectivity index (χ1v) is 7.39. The van der Waals surface area contributed by atoms with Crippen molar-refractivity contribution in [3.63, 3.8) is 0 Å². The van der Waals surface area contributed by atoms with Gasteiger partial charge in [0.05, 0.1) is 16.3 Å². The molecule has 3 heterocycles. The van der Waals surface area contributed by atoms with Crippen LogP contribution in [0.3, 0.4) is 0 Å². The number of pyridine rings is 1. The van der Waals surface area contributed by atoms with Crippen LogP contribution in [0, 0.1) is 0 Å². The monoisotopic (exact) mass is 262 g/mol. The average Bonchev–Trinajstić information content (AvgIpc) is 3.05. The van der Waals surface area contributed by atoms with E-state index in [4.69, 9.17) is 4.74 Å². The molecule has 1 saturated heterocycles. The Morgan fingerprint density at radius 1 is 1.61 bits per heavy atom. The Balaban J connectivity index is 1.65. The summed E-state index contributed by atoms with van der Waals surface area (Å²) in [5, 5.41) is 5.63. The topological polar surface area (TPSA) is 34.1 Å². The number of thiophene rings is 1. The first kappa shape index (κ1) is 12.1. The molecule has 2 unspecified atom stereocenters. The molecule has 2 atom stereocenters. The highest BCUT2D eigenvalue weighted by molar-refractivity contribution is 7.17. The third kappa shape index (κ3) is 2.55. The second kappa shape index (κ2) is 5.34. The number of aromatic nitrogens is 1. The van der Waals surface area contributed by atoms with Gasteiger partial charge < -0.3 is 10.1 Å². The van der Waals surface area contributed by atoms with Crippen LogP contribution in [0.1, 0.15) is 31.4 Å². The Hall–Kier alpha value is -0.970. The first-order valence-electron chi connectivity index (χ1n) is 6.51. The molecule has 2 aromatic rings. The van der Waals surface area contributed by atoms with Gasteiger partial charge in [-0.1, -0.05) is 0 Å². The Morgan fingerprint density at radius 2 is 2.56 bits per heavy atom. The van der Waals surface area contributed by atoms with Crippen molar-refractivity contribution in [2.45, 2.75) is 31.9 Å². The fourth-order valence-corrected chi connectivity index (χ4v) is 3.12. The molecule has 0 spiro atoms. The van der Waals surface area contributed by atoms with Gasteiger partial charge in [0, 0.05) is 25.4 Å². The maximum absolute atomic E-state index is 5.62. The molecule has 0 amide bonds. The molecule has 0 saturated carbocycles. The first-order chi connectivity index (χ1) is 8.83. The molecule has 0 aromatic carbocycles. The molecule has 0 radical (unpaired) electrons. The Bertz CT molecular complexity index is 519. The number of fused-ring (bicyclic) bond motifs is 1. The standard InChI is InChI=1S/C14H18N2OS/c1-10(15-9-12-3-2-5-17-12)11-7-14-13(16-8-11)4-6-18-14/h4,6-8,10,12,15H,2-3,5,9H2,1H3. The highest BCUT2D eigenvalue weighted by Gasteiger charge is 2.16. The summed E-state index contributed by atoms with van der Waals surface area (Å²) in [5.74, 6) is 0. The van der Waals surface area contributed by atoms with Gasteiger partial charge in [-0.3, -0.25) is 4.98 Å². The van der Waals surface area contributed by atoms with E-state index in [-0.39, 0.29) is 0 Å². The zero-order valence-corrected chi connectivity index (χ0v) is 11.4. The van der Waals surface area contributed by atoms with Crippen LogP contribution in [-0.4, -0.2) is 24.2 Å². The Labute approximate surface area is 111 Å². The molecule has 1 fully saturated rings. The summed E-state index contributed by atoms with van der Waals surface area (Å²) < 4.78 is 6.88. The zero-order chi connectivity index (χ0) is 12.4. The molecule has 3 nitrogen and oxygen atoms in total. The number of nitrogens with zero attached hydrogens (tertiary/aromatic N) is 1. The SMILES string of the molecule is CC(NCC1CCCO1)c1cnc2ccsc2c1. The minimum absolute atomic E-state index is 0.327. The second-order valence-corrected chi connectivity index (χ2v) is 5.79. The lowest BCUT2D eigenvalue weighted by Crippen LogP contribution is -2.28. The van der Waals surface area contributed by atoms with E-state index >= 15 is 0 Å². The van der Waals surface area contributed by atoms with Gasteiger partial charge in [0.25, 0.3) is 0 Å². The van der Waals surface area contributed by atoms with E-state index in [2.05, 4.69) is 34.7 Å². The molecule has 0 bridgehead atoms. The van der Waals surface area contributed by atoms with Crippen molar-refractivity contribution in [1.29, 1.82) is 0 Å². The summed E-state index contributed by atoms with van der Waals surface area (Å²) >= 11 is 1.75. The molecule has 3 rings (SSSR count). The van der Waals surface area contributed by atoms with Gasteiger partial charge in [0.15, 0.2) is 0 Å². The molecule has 1 N–H and O–H groups in total. The van der Waals surface area contributed by atoms with Crippen LogP contribution in [0.2, 0.25) is 0 Å². The van der Waals surface area contributed by atoms with Gasteiger partial charge in [-0.15, -0.1) is 11.3 Å². The van der Waals surface area contributed by atoms with Gasteiger partial charge in [0.2, 0.25) is 0 Å². The van der Waals surface area contributed by atoms with E-state index in [0.29, 0.717) is 12.1 Å². The van der Waals surface area contributed by atoms with Crippen molar-refractivity contribution >= 4 is 21.6 Å². The van der Waals surface area contributed by atoms with Crippen molar-refractivity contribution < 1.29 is 4.74 Å². The van der Waals surface area contributed by atoms with E-state index in [9.17, 15) is 0 Å². The normalized spacial score (nSPS) is 21.5. The van der Waals surface area contributed by atoms with Crippen LogP contribution in [0.25, 0.3) is 10.2 Å². The predicted octanol–water partition coefficient (Wildman–Crippen LogP) is 3.13. The lowest BCUT2D eigenvalue weighted by molar-refractivity contribution is 0.108. The summed E-state index contributed by atoms with van der Waals surface area (Å²) in [7, 11) is 0. The van der Waals surface area contributed by atoms with Crippen molar-refractivity contribution in [3.8, 4) is 0 Å². The van der Waals surface area contributed by atoms with Crippen LogP contribution in [0.5, 0.6) is 0 Å². The van der Waals surface area contributed by atoms with Gasteiger partial charge in [-0.2, -0.15) is 0 Å². The van der Waals surface area contributed by atoms with Gasteiger partial charge in [-0.25, -0.2) is 0 Å². The second-order valence-electron chi connectivity index (χ2n) is 4.84. The van der Waals surface area contributed by atoms with Gasteiger partial charge in [-0.05, 0) is 42.8 Å². The summed E-state index contributed by atoms with van der Waals surface area (Å²) in [5.41, 5.74) is 2.35. The minimum atomic E-state index is 0.327. The lowest BCUT2D eigenvalue weighted by Gasteiger charge is -2.17. The molecule has 0 aliphatic carbocycles. The number of hydrogen-bond donors (Lipinski definition) is 1. The molecule has 2 aromatic heterocycles. The van der Waals surface area contributed by atoms with Crippen LogP contribution in [0.15, 0.2) is 23.7 Å². The third-order valence-corrected chi connectivity index (χ3v) is 4.35. The molecule has 4 heteroatoms. The number of rotatable bonds is 4. The number of nitrogens with one attached hydrogen (secondary N) is 1. The fourth-order valence-electron chi connectivity index (χ4n) is 2.33. The third-order valence-electron chi connectivity index (χ3n) is 3.50. The molecular weight excluding hydrogens is 244 g/mol. The van der Waals surface area contributed by atoms with Crippen molar-refractivity contribution in [3.05, 3.63) is 29.3 Å². The summed E-state index contributed by atoms with van der Waals surface area (Å²) in [4.78, 5) is 4.48. The lowest BCUT2D eigenvalue weighted by atomic mass is 10.1. The molecular formula is C14H18N2OS. The largest absolute Gasteiger partial charge is 0.377 e. The molecule has 96 valence electrons. The van der Waals surface area contributed by atoms with Gasteiger partial charge >= 0.3 is 0 Å². The molecule has 1 aliphatic rings. The zero-order valence-electron chi connectivity index (χ0n) is 10.6. The fraction of sp³-hybridized carbons (Fsp3) is 0.500. The quantitative estimate of drug-likeness (QED) is 0.919. The van der Waals surface area contributed by atoms with E-state index in [1.54, 1.807) is 11.3 Å². The summed E-state index contributed by atoms with van der Waals surface area (Å²) in [6.07, 6.45) is 4.75. The van der Waals surface area contributed by atoms with Crippen LogP contribution < -0.4 is 5.32 Å². The van der Waals surface area contributed by atoms with Crippen molar-refractivity contribution in [1.82, 2.24) is 10.3 Å². The van der Waals surface area contributed by atoms with E-state index in [0.717, 1.165) is 18.7 Å². The van der Waals surface area contributed by atoms with Crippen molar-refractivity contribution in [2.75, 3.05) is 13.2 Å². The number of ether oxygens (including phenoxy) is 1. The molecule has 1 aliphatic heterocycles. The summed E-state index contributed by atoms with van der Waals surface area (Å²) in [6, 6.07) is 4.63. The minimum Gasteiger partial charge on any atom is -0.377 e. The van der Waals surface area contributed by atoms with Crippen LogP contribution in [-0.2, 0) is 4.74 Å².